The van der Waals surface area contributed by atoms with Crippen molar-refractivity contribution in [2.75, 3.05) is 45.1 Å². The zero-order valence-electron chi connectivity index (χ0n) is 19.1. The van der Waals surface area contributed by atoms with E-state index in [-0.39, 0.29) is 11.9 Å². The molecule has 0 aliphatic heterocycles. The monoisotopic (exact) mass is 427 g/mol. The number of hydrogen-bond donors (Lipinski definition) is 2. The Morgan fingerprint density at radius 1 is 1.03 bits per heavy atom. The maximum atomic E-state index is 12.7. The Balaban J connectivity index is 1.49. The van der Waals surface area contributed by atoms with Gasteiger partial charge in [-0.1, -0.05) is 0 Å². The fraction of sp³-hybridized carbons (Fsp3) is 0.522. The second kappa shape index (κ2) is 10.3. The number of nitrogens with zero attached hydrogens (tertiary/aromatic N) is 3. The number of methoxy groups -OCH3 is 2. The quantitative estimate of drug-likeness (QED) is 0.668. The smallest absolute Gasteiger partial charge is 0.251 e. The van der Waals surface area contributed by atoms with Gasteiger partial charge in [0.15, 0.2) is 0 Å². The van der Waals surface area contributed by atoms with Crippen LogP contribution < -0.4 is 25.0 Å². The van der Waals surface area contributed by atoms with Crippen LogP contribution in [0, 0.1) is 12.8 Å². The average molecular weight is 428 g/mol. The second-order valence-electron chi connectivity index (χ2n) is 8.26. The molecule has 168 valence electrons. The minimum absolute atomic E-state index is 0.0943. The number of ether oxygens (including phenoxy) is 2. The van der Waals surface area contributed by atoms with Crippen molar-refractivity contribution in [1.29, 1.82) is 0 Å². The fourth-order valence-electron chi connectivity index (χ4n) is 3.81. The number of carbonyl (C=O) groups is 1. The second-order valence-corrected chi connectivity index (χ2v) is 8.26. The third kappa shape index (κ3) is 6.23. The number of aromatic nitrogens is 2. The number of aryl methyl sites for hydroxylation is 1. The van der Waals surface area contributed by atoms with Crippen LogP contribution in [0.15, 0.2) is 24.3 Å². The van der Waals surface area contributed by atoms with E-state index in [1.807, 2.05) is 32.0 Å². The highest BCUT2D eigenvalue weighted by Crippen LogP contribution is 2.26. The summed E-state index contributed by atoms with van der Waals surface area (Å²) in [5, 5.41) is 6.55. The molecule has 0 unspecified atom stereocenters. The van der Waals surface area contributed by atoms with Gasteiger partial charge in [0.1, 0.15) is 17.3 Å². The molecule has 1 aliphatic rings. The van der Waals surface area contributed by atoms with Crippen molar-refractivity contribution < 1.29 is 14.3 Å². The summed E-state index contributed by atoms with van der Waals surface area (Å²) in [6, 6.07) is 7.37. The molecule has 8 heteroatoms. The Bertz CT molecular complexity index is 873. The summed E-state index contributed by atoms with van der Waals surface area (Å²) in [6.07, 6.45) is 4.01. The summed E-state index contributed by atoms with van der Waals surface area (Å²) >= 11 is 0. The highest BCUT2D eigenvalue weighted by molar-refractivity contribution is 5.95. The van der Waals surface area contributed by atoms with Crippen molar-refractivity contribution in [2.24, 2.45) is 5.92 Å². The molecule has 0 saturated heterocycles. The normalized spacial score (nSPS) is 18.2. The van der Waals surface area contributed by atoms with Crippen LogP contribution in [-0.2, 0) is 0 Å². The molecule has 0 spiro atoms. The van der Waals surface area contributed by atoms with Gasteiger partial charge in [0, 0.05) is 50.1 Å². The Hall–Kier alpha value is -3.03. The van der Waals surface area contributed by atoms with Crippen LogP contribution in [0.1, 0.15) is 41.7 Å². The van der Waals surface area contributed by atoms with Crippen LogP contribution in [-0.4, -0.2) is 56.8 Å². The summed E-state index contributed by atoms with van der Waals surface area (Å²) in [5.74, 6) is 3.23. The van der Waals surface area contributed by atoms with Crippen LogP contribution in [0.2, 0.25) is 0 Å². The SMILES string of the molecule is COc1cc(OC)cc(C(=O)N[C@H]2CC[C@@H](CNc3nc(C)cc(N(C)C)n3)CC2)c1. The molecule has 2 aromatic rings. The van der Waals surface area contributed by atoms with E-state index >= 15 is 0 Å². The van der Waals surface area contributed by atoms with Crippen LogP contribution in [0.5, 0.6) is 11.5 Å². The van der Waals surface area contributed by atoms with Crippen molar-refractivity contribution in [1.82, 2.24) is 15.3 Å². The molecule has 1 saturated carbocycles. The van der Waals surface area contributed by atoms with Crippen LogP contribution in [0.4, 0.5) is 11.8 Å². The first-order valence-corrected chi connectivity index (χ1v) is 10.7. The number of amides is 1. The molecule has 3 rings (SSSR count). The zero-order chi connectivity index (χ0) is 22.4. The Morgan fingerprint density at radius 3 is 2.26 bits per heavy atom. The minimum Gasteiger partial charge on any atom is -0.497 e. The lowest BCUT2D eigenvalue weighted by Gasteiger charge is -2.29. The topological polar surface area (TPSA) is 88.6 Å². The molecule has 0 atom stereocenters. The molecule has 31 heavy (non-hydrogen) atoms. The summed E-state index contributed by atoms with van der Waals surface area (Å²) in [4.78, 5) is 23.7. The molecule has 1 amide bonds. The van der Waals surface area contributed by atoms with Gasteiger partial charge in [-0.25, -0.2) is 4.98 Å². The first kappa shape index (κ1) is 22.7. The van der Waals surface area contributed by atoms with Crippen LogP contribution >= 0.6 is 0 Å². The minimum atomic E-state index is -0.0943. The van der Waals surface area contributed by atoms with Crippen LogP contribution in [0.3, 0.4) is 0 Å². The van der Waals surface area contributed by atoms with Gasteiger partial charge in [-0.05, 0) is 50.7 Å². The molecule has 1 aromatic heterocycles. The molecule has 1 aromatic carbocycles. The van der Waals surface area contributed by atoms with Crippen molar-refractivity contribution in [2.45, 2.75) is 38.6 Å². The van der Waals surface area contributed by atoms with Crippen molar-refractivity contribution >= 4 is 17.7 Å². The molecule has 1 fully saturated rings. The Morgan fingerprint density at radius 2 is 1.68 bits per heavy atom. The standard InChI is InChI=1S/C23H33N5O3/c1-15-10-21(28(2)3)27-23(25-15)24-14-16-6-8-18(9-7-16)26-22(29)17-11-19(30-4)13-20(12-17)31-5/h10-13,16,18H,6-9,14H2,1-5H3,(H,26,29)(H,24,25,27)/t16-,18+. The number of nitrogens with one attached hydrogen (secondary N) is 2. The highest BCUT2D eigenvalue weighted by Gasteiger charge is 2.23. The van der Waals surface area contributed by atoms with Gasteiger partial charge in [-0.3, -0.25) is 4.79 Å². The van der Waals surface area contributed by atoms with Gasteiger partial charge in [0.05, 0.1) is 14.2 Å². The zero-order valence-corrected chi connectivity index (χ0v) is 19.1. The van der Waals surface area contributed by atoms with E-state index in [2.05, 4.69) is 20.6 Å². The summed E-state index contributed by atoms with van der Waals surface area (Å²) in [5.41, 5.74) is 1.50. The van der Waals surface area contributed by atoms with Gasteiger partial charge in [0.25, 0.3) is 5.91 Å². The van der Waals surface area contributed by atoms with E-state index in [0.29, 0.717) is 28.9 Å². The molecule has 0 radical (unpaired) electrons. The van der Waals surface area contributed by atoms with Gasteiger partial charge in [-0.15, -0.1) is 0 Å². The van der Waals surface area contributed by atoms with Gasteiger partial charge >= 0.3 is 0 Å². The predicted octanol–water partition coefficient (Wildman–Crippen LogP) is 3.27. The molecule has 8 nitrogen and oxygen atoms in total. The molecular weight excluding hydrogens is 394 g/mol. The van der Waals surface area contributed by atoms with Crippen LogP contribution in [0.25, 0.3) is 0 Å². The highest BCUT2D eigenvalue weighted by atomic mass is 16.5. The first-order chi connectivity index (χ1) is 14.9. The molecule has 1 aliphatic carbocycles. The van der Waals surface area contributed by atoms with E-state index in [1.54, 1.807) is 32.4 Å². The maximum absolute atomic E-state index is 12.7. The fourth-order valence-corrected chi connectivity index (χ4v) is 3.81. The van der Waals surface area contributed by atoms with Gasteiger partial charge in [-0.2, -0.15) is 4.98 Å². The Kier molecular flexibility index (Phi) is 7.55. The summed E-state index contributed by atoms with van der Waals surface area (Å²) in [6.45, 7) is 2.82. The van der Waals surface area contributed by atoms with E-state index in [0.717, 1.165) is 43.7 Å². The van der Waals surface area contributed by atoms with E-state index < -0.39 is 0 Å². The lowest BCUT2D eigenvalue weighted by molar-refractivity contribution is 0.0922. The van der Waals surface area contributed by atoms with E-state index in [9.17, 15) is 4.79 Å². The van der Waals surface area contributed by atoms with Gasteiger partial charge < -0.3 is 25.0 Å². The van der Waals surface area contributed by atoms with Crippen molar-refractivity contribution in [3.8, 4) is 11.5 Å². The number of rotatable bonds is 8. The number of hydrogen-bond acceptors (Lipinski definition) is 7. The summed E-state index contributed by atoms with van der Waals surface area (Å²) in [7, 11) is 7.11. The lowest BCUT2D eigenvalue weighted by Crippen LogP contribution is -2.38. The van der Waals surface area contributed by atoms with E-state index in [1.165, 1.54) is 0 Å². The van der Waals surface area contributed by atoms with E-state index in [4.69, 9.17) is 9.47 Å². The third-order valence-electron chi connectivity index (χ3n) is 5.64. The molecule has 2 N–H and O–H groups in total. The number of anilines is 2. The number of carbonyl (C=O) groups excluding carboxylic acids is 1. The predicted molar refractivity (Wildman–Crippen MR) is 122 cm³/mol. The third-order valence-corrected chi connectivity index (χ3v) is 5.64. The van der Waals surface area contributed by atoms with Gasteiger partial charge in [0.2, 0.25) is 5.95 Å². The molecule has 1 heterocycles. The molecule has 0 bridgehead atoms. The average Bonchev–Trinajstić information content (AvgIpc) is 2.77. The first-order valence-electron chi connectivity index (χ1n) is 10.7. The van der Waals surface area contributed by atoms with Crippen molar-refractivity contribution in [3.63, 3.8) is 0 Å². The number of benzene rings is 1. The maximum Gasteiger partial charge on any atom is 0.251 e. The lowest BCUT2D eigenvalue weighted by atomic mass is 9.86. The largest absolute Gasteiger partial charge is 0.497 e. The van der Waals surface area contributed by atoms with Crippen molar-refractivity contribution in [3.05, 3.63) is 35.5 Å². The summed E-state index contributed by atoms with van der Waals surface area (Å²) < 4.78 is 10.5. The Labute approximate surface area is 184 Å². The molecular formula is C23H33N5O3.